The lowest BCUT2D eigenvalue weighted by Gasteiger charge is -1.99. The van der Waals surface area contributed by atoms with Crippen molar-refractivity contribution in [3.8, 4) is 0 Å². The van der Waals surface area contributed by atoms with E-state index in [0.29, 0.717) is 5.57 Å². The highest BCUT2D eigenvalue weighted by atomic mass is 16.4. The fourth-order valence-corrected chi connectivity index (χ4v) is 1.84. The summed E-state index contributed by atoms with van der Waals surface area (Å²) < 4.78 is 0. The van der Waals surface area contributed by atoms with Crippen molar-refractivity contribution in [3.05, 3.63) is 41.6 Å². The van der Waals surface area contributed by atoms with Crippen LogP contribution in [-0.2, 0) is 9.59 Å². The summed E-state index contributed by atoms with van der Waals surface area (Å²) in [5.41, 5.74) is 2.09. The number of fused-ring (bicyclic) bond motifs is 1. The first-order chi connectivity index (χ1) is 8.58. The predicted octanol–water partition coefficient (Wildman–Crippen LogP) is 2.62. The van der Waals surface area contributed by atoms with Gasteiger partial charge in [0.05, 0.1) is 6.42 Å². The second kappa shape index (κ2) is 4.87. The molecule has 2 aromatic rings. The number of nitrogens with one attached hydrogen (secondary N) is 1. The minimum Gasteiger partial charge on any atom is -0.481 e. The molecule has 0 aliphatic heterocycles. The zero-order valence-corrected chi connectivity index (χ0v) is 9.93. The smallest absolute Gasteiger partial charge is 0.307 e. The number of carbonyl (C=O) groups is 2. The molecule has 0 saturated carbocycles. The van der Waals surface area contributed by atoms with Crippen molar-refractivity contribution >= 4 is 28.7 Å². The lowest BCUT2D eigenvalue weighted by atomic mass is 10.0. The molecular weight excluding hydrogens is 230 g/mol. The lowest BCUT2D eigenvalue weighted by molar-refractivity contribution is -0.136. The third-order valence-corrected chi connectivity index (χ3v) is 2.74. The number of ketones is 1. The molecule has 0 bridgehead atoms. The van der Waals surface area contributed by atoms with Crippen molar-refractivity contribution in [2.45, 2.75) is 13.3 Å². The number of rotatable bonds is 4. The fraction of sp³-hybridized carbons (Fsp3) is 0.143. The predicted molar refractivity (Wildman–Crippen MR) is 69.2 cm³/mol. The number of aliphatic carboxylic acids is 1. The molecule has 4 nitrogen and oxygen atoms in total. The number of carboxylic acids is 1. The first-order valence-electron chi connectivity index (χ1n) is 5.57. The van der Waals surface area contributed by atoms with Gasteiger partial charge in [-0.15, -0.1) is 0 Å². The number of Topliss-reactive ketones (excluding diaryl/α,β-unsaturated/α-hetero) is 1. The SMILES string of the molecule is CC(=O)/C(=C/c1c[nH]c2ccccc12)CC(=O)O. The summed E-state index contributed by atoms with van der Waals surface area (Å²) in [4.78, 5) is 25.2. The van der Waals surface area contributed by atoms with E-state index >= 15 is 0 Å². The van der Waals surface area contributed by atoms with Gasteiger partial charge in [-0.1, -0.05) is 18.2 Å². The van der Waals surface area contributed by atoms with Crippen LogP contribution in [-0.4, -0.2) is 21.8 Å². The summed E-state index contributed by atoms with van der Waals surface area (Å²) in [6.07, 6.45) is 3.15. The minimum absolute atomic E-state index is 0.220. The van der Waals surface area contributed by atoms with Gasteiger partial charge in [0.1, 0.15) is 0 Å². The van der Waals surface area contributed by atoms with Crippen LogP contribution in [0.3, 0.4) is 0 Å². The number of para-hydroxylation sites is 1. The molecule has 1 aromatic carbocycles. The first-order valence-corrected chi connectivity index (χ1v) is 5.57. The molecule has 0 saturated heterocycles. The minimum atomic E-state index is -1.00. The van der Waals surface area contributed by atoms with E-state index in [0.717, 1.165) is 16.5 Å². The number of benzene rings is 1. The Hall–Kier alpha value is -2.36. The molecule has 0 unspecified atom stereocenters. The maximum atomic E-state index is 11.4. The molecule has 0 radical (unpaired) electrons. The van der Waals surface area contributed by atoms with Gasteiger partial charge in [-0.25, -0.2) is 0 Å². The number of hydrogen-bond donors (Lipinski definition) is 2. The van der Waals surface area contributed by atoms with Crippen molar-refractivity contribution in [2.75, 3.05) is 0 Å². The molecule has 0 spiro atoms. The average Bonchev–Trinajstić information content (AvgIpc) is 2.71. The van der Waals surface area contributed by atoms with Gasteiger partial charge in [-0.2, -0.15) is 0 Å². The maximum absolute atomic E-state index is 11.4. The second-order valence-electron chi connectivity index (χ2n) is 4.09. The highest BCUT2D eigenvalue weighted by molar-refractivity contribution is 6.03. The number of H-pyrrole nitrogens is 1. The van der Waals surface area contributed by atoms with Gasteiger partial charge in [-0.05, 0) is 19.1 Å². The number of carboxylic acid groups (broad SMARTS) is 1. The van der Waals surface area contributed by atoms with Crippen molar-refractivity contribution in [3.63, 3.8) is 0 Å². The Morgan fingerprint density at radius 3 is 2.72 bits per heavy atom. The highest BCUT2D eigenvalue weighted by Crippen LogP contribution is 2.21. The van der Waals surface area contributed by atoms with E-state index in [1.54, 1.807) is 12.3 Å². The Morgan fingerprint density at radius 1 is 1.33 bits per heavy atom. The molecule has 92 valence electrons. The zero-order chi connectivity index (χ0) is 13.1. The molecular formula is C14H13NO3. The van der Waals surface area contributed by atoms with Crippen molar-refractivity contribution in [1.82, 2.24) is 4.98 Å². The summed E-state index contributed by atoms with van der Waals surface area (Å²) in [6.45, 7) is 1.38. The summed E-state index contributed by atoms with van der Waals surface area (Å²) >= 11 is 0. The Bertz CT molecular complexity index is 637. The Balaban J connectivity index is 2.46. The standard InChI is InChI=1S/C14H13NO3/c1-9(16)10(7-14(17)18)6-11-8-15-13-5-3-2-4-12(11)13/h2-6,8,15H,7H2,1H3,(H,17,18)/b10-6+. The van der Waals surface area contributed by atoms with Gasteiger partial charge in [-0.3, -0.25) is 9.59 Å². The van der Waals surface area contributed by atoms with E-state index in [-0.39, 0.29) is 12.2 Å². The quantitative estimate of drug-likeness (QED) is 0.811. The van der Waals surface area contributed by atoms with Gasteiger partial charge in [0, 0.05) is 28.2 Å². The monoisotopic (exact) mass is 243 g/mol. The number of aromatic amines is 1. The zero-order valence-electron chi connectivity index (χ0n) is 9.93. The number of aromatic nitrogens is 1. The molecule has 2 N–H and O–H groups in total. The molecule has 0 atom stereocenters. The third-order valence-electron chi connectivity index (χ3n) is 2.74. The summed E-state index contributed by atoms with van der Waals surface area (Å²) in [7, 11) is 0. The van der Waals surface area contributed by atoms with Gasteiger partial charge < -0.3 is 10.1 Å². The number of carbonyl (C=O) groups excluding carboxylic acids is 1. The van der Waals surface area contributed by atoms with Gasteiger partial charge in [0.25, 0.3) is 0 Å². The molecule has 2 rings (SSSR count). The number of hydrogen-bond acceptors (Lipinski definition) is 2. The van der Waals surface area contributed by atoms with Crippen LogP contribution >= 0.6 is 0 Å². The van der Waals surface area contributed by atoms with Crippen molar-refractivity contribution in [2.24, 2.45) is 0 Å². The van der Waals surface area contributed by atoms with Crippen LogP contribution < -0.4 is 0 Å². The van der Waals surface area contributed by atoms with Crippen LogP contribution in [0.4, 0.5) is 0 Å². The van der Waals surface area contributed by atoms with Crippen molar-refractivity contribution in [1.29, 1.82) is 0 Å². The highest BCUT2D eigenvalue weighted by Gasteiger charge is 2.10. The van der Waals surface area contributed by atoms with Crippen LogP contribution in [0.2, 0.25) is 0 Å². The first kappa shape index (κ1) is 12.1. The van der Waals surface area contributed by atoms with Crippen LogP contribution in [0, 0.1) is 0 Å². The van der Waals surface area contributed by atoms with Gasteiger partial charge in [0.2, 0.25) is 0 Å². The van der Waals surface area contributed by atoms with Crippen molar-refractivity contribution < 1.29 is 14.7 Å². The third kappa shape index (κ3) is 2.48. The van der Waals surface area contributed by atoms with E-state index in [1.807, 2.05) is 24.3 Å². The van der Waals surface area contributed by atoms with E-state index in [9.17, 15) is 9.59 Å². The van der Waals surface area contributed by atoms with E-state index in [4.69, 9.17) is 5.11 Å². The van der Waals surface area contributed by atoms with E-state index in [1.165, 1.54) is 6.92 Å². The maximum Gasteiger partial charge on any atom is 0.307 e. The van der Waals surface area contributed by atoms with Gasteiger partial charge in [0.15, 0.2) is 5.78 Å². The molecule has 1 aromatic heterocycles. The van der Waals surface area contributed by atoms with Crippen LogP contribution in [0.5, 0.6) is 0 Å². The van der Waals surface area contributed by atoms with Crippen LogP contribution in [0.15, 0.2) is 36.0 Å². The Morgan fingerprint density at radius 2 is 2.06 bits per heavy atom. The van der Waals surface area contributed by atoms with E-state index in [2.05, 4.69) is 4.98 Å². The average molecular weight is 243 g/mol. The summed E-state index contributed by atoms with van der Waals surface area (Å²) in [5, 5.41) is 9.75. The lowest BCUT2D eigenvalue weighted by Crippen LogP contribution is -2.04. The summed E-state index contributed by atoms with van der Waals surface area (Å²) in [6, 6.07) is 7.67. The molecule has 1 heterocycles. The Labute approximate surface area is 104 Å². The fourth-order valence-electron chi connectivity index (χ4n) is 1.84. The topological polar surface area (TPSA) is 70.2 Å². The summed E-state index contributed by atoms with van der Waals surface area (Å²) in [5.74, 6) is -1.22. The van der Waals surface area contributed by atoms with Crippen LogP contribution in [0.25, 0.3) is 17.0 Å². The van der Waals surface area contributed by atoms with Crippen LogP contribution in [0.1, 0.15) is 18.9 Å². The molecule has 4 heteroatoms. The molecule has 0 fully saturated rings. The van der Waals surface area contributed by atoms with Gasteiger partial charge >= 0.3 is 5.97 Å². The molecule has 0 amide bonds. The largest absolute Gasteiger partial charge is 0.481 e. The molecule has 18 heavy (non-hydrogen) atoms. The molecule has 0 aliphatic rings. The Kier molecular flexibility index (Phi) is 3.28. The van der Waals surface area contributed by atoms with E-state index < -0.39 is 5.97 Å². The second-order valence-corrected chi connectivity index (χ2v) is 4.09. The normalized spacial score (nSPS) is 11.7. The molecule has 0 aliphatic carbocycles.